The van der Waals surface area contributed by atoms with Gasteiger partial charge in [0.25, 0.3) is 0 Å². The van der Waals surface area contributed by atoms with E-state index in [4.69, 9.17) is 5.11 Å². The van der Waals surface area contributed by atoms with E-state index >= 15 is 0 Å². The number of carbonyl (C=O) groups is 2. The Morgan fingerprint density at radius 3 is 2.82 bits per heavy atom. The van der Waals surface area contributed by atoms with Crippen LogP contribution in [0.5, 0.6) is 0 Å². The first-order valence-corrected chi connectivity index (χ1v) is 4.81. The fourth-order valence-electron chi connectivity index (χ4n) is 1.38. The molecule has 1 aromatic heterocycles. The molecule has 1 heterocycles. The van der Waals surface area contributed by atoms with E-state index in [1.165, 1.54) is 12.4 Å². The molecule has 0 aliphatic heterocycles. The van der Waals surface area contributed by atoms with E-state index in [0.29, 0.717) is 16.8 Å². The first-order chi connectivity index (χ1) is 8.20. The van der Waals surface area contributed by atoms with E-state index < -0.39 is 5.97 Å². The van der Waals surface area contributed by atoms with Crippen LogP contribution in [-0.4, -0.2) is 27.3 Å². The van der Waals surface area contributed by atoms with Gasteiger partial charge in [0.1, 0.15) is 6.29 Å². The van der Waals surface area contributed by atoms with Gasteiger partial charge in [-0.25, -0.2) is 9.78 Å². The molecule has 2 aromatic rings. The van der Waals surface area contributed by atoms with Gasteiger partial charge >= 0.3 is 5.97 Å². The molecule has 2 rings (SSSR count). The number of benzene rings is 1. The highest BCUT2D eigenvalue weighted by Gasteiger charge is 2.07. The van der Waals surface area contributed by atoms with Gasteiger partial charge in [-0.1, -0.05) is 18.2 Å². The van der Waals surface area contributed by atoms with Crippen LogP contribution in [0.2, 0.25) is 0 Å². The highest BCUT2D eigenvalue weighted by Crippen LogP contribution is 2.17. The summed E-state index contributed by atoms with van der Waals surface area (Å²) in [4.78, 5) is 29.1. The van der Waals surface area contributed by atoms with Crippen molar-refractivity contribution in [1.29, 1.82) is 0 Å². The first kappa shape index (κ1) is 10.9. The van der Waals surface area contributed by atoms with E-state index in [2.05, 4.69) is 9.97 Å². The van der Waals surface area contributed by atoms with Crippen LogP contribution in [0.15, 0.2) is 36.7 Å². The molecule has 0 bridgehead atoms. The van der Waals surface area contributed by atoms with Gasteiger partial charge in [0.2, 0.25) is 0 Å². The predicted molar refractivity (Wildman–Crippen MR) is 59.8 cm³/mol. The van der Waals surface area contributed by atoms with E-state index in [1.807, 2.05) is 0 Å². The number of carboxylic acids is 1. The third-order valence-electron chi connectivity index (χ3n) is 2.17. The minimum atomic E-state index is -1.13. The predicted octanol–water partition coefficient (Wildman–Crippen LogP) is 1.65. The average molecular weight is 228 g/mol. The summed E-state index contributed by atoms with van der Waals surface area (Å²) < 4.78 is 0. The lowest BCUT2D eigenvalue weighted by molar-refractivity contribution is 0.0690. The second kappa shape index (κ2) is 4.52. The molecule has 0 atom stereocenters. The van der Waals surface area contributed by atoms with Crippen LogP contribution in [0, 0.1) is 0 Å². The molecule has 5 nitrogen and oxygen atoms in total. The van der Waals surface area contributed by atoms with Crippen LogP contribution in [0.4, 0.5) is 0 Å². The van der Waals surface area contributed by atoms with E-state index in [-0.39, 0.29) is 5.69 Å². The van der Waals surface area contributed by atoms with Gasteiger partial charge in [0.15, 0.2) is 5.69 Å². The summed E-state index contributed by atoms with van der Waals surface area (Å²) in [5.74, 6) is -1.13. The number of aromatic carboxylic acids is 1. The van der Waals surface area contributed by atoms with Crippen LogP contribution in [0.25, 0.3) is 11.3 Å². The van der Waals surface area contributed by atoms with Gasteiger partial charge in [0, 0.05) is 11.1 Å². The normalized spacial score (nSPS) is 9.88. The Balaban J connectivity index is 2.48. The van der Waals surface area contributed by atoms with Crippen LogP contribution in [0.1, 0.15) is 20.8 Å². The van der Waals surface area contributed by atoms with Crippen molar-refractivity contribution in [1.82, 2.24) is 9.97 Å². The van der Waals surface area contributed by atoms with Crippen LogP contribution >= 0.6 is 0 Å². The third kappa shape index (κ3) is 2.34. The number of aldehydes is 1. The van der Waals surface area contributed by atoms with Crippen LogP contribution < -0.4 is 0 Å². The Morgan fingerprint density at radius 2 is 2.12 bits per heavy atom. The van der Waals surface area contributed by atoms with Crippen molar-refractivity contribution in [3.63, 3.8) is 0 Å². The SMILES string of the molecule is O=Cc1cccc(-c2cncc(C(=O)O)n2)c1. The summed E-state index contributed by atoms with van der Waals surface area (Å²) in [5.41, 5.74) is 1.46. The molecule has 0 aliphatic rings. The molecule has 0 unspecified atom stereocenters. The van der Waals surface area contributed by atoms with Crippen molar-refractivity contribution in [3.05, 3.63) is 47.9 Å². The maximum atomic E-state index is 10.7. The largest absolute Gasteiger partial charge is 0.476 e. The number of hydrogen-bond acceptors (Lipinski definition) is 4. The minimum Gasteiger partial charge on any atom is -0.476 e. The molecule has 1 N–H and O–H groups in total. The van der Waals surface area contributed by atoms with E-state index in [0.717, 1.165) is 6.29 Å². The van der Waals surface area contributed by atoms with Crippen molar-refractivity contribution in [2.75, 3.05) is 0 Å². The number of carboxylic acid groups (broad SMARTS) is 1. The molecule has 0 saturated heterocycles. The topological polar surface area (TPSA) is 80.2 Å². The van der Waals surface area contributed by atoms with Gasteiger partial charge in [-0.15, -0.1) is 0 Å². The number of carbonyl (C=O) groups excluding carboxylic acids is 1. The monoisotopic (exact) mass is 228 g/mol. The standard InChI is InChI=1S/C12H8N2O3/c15-7-8-2-1-3-9(4-8)10-5-13-6-11(14-10)12(16)17/h1-7H,(H,16,17). The van der Waals surface area contributed by atoms with Crippen molar-refractivity contribution >= 4 is 12.3 Å². The van der Waals surface area contributed by atoms with Crippen molar-refractivity contribution in [3.8, 4) is 11.3 Å². The Hall–Kier alpha value is -2.56. The summed E-state index contributed by atoms with van der Waals surface area (Å²) >= 11 is 0. The molecule has 1 aromatic carbocycles. The molecular weight excluding hydrogens is 220 g/mol. The van der Waals surface area contributed by atoms with Crippen molar-refractivity contribution < 1.29 is 14.7 Å². The van der Waals surface area contributed by atoms with Gasteiger partial charge < -0.3 is 5.11 Å². The van der Waals surface area contributed by atoms with Crippen LogP contribution in [-0.2, 0) is 0 Å². The maximum absolute atomic E-state index is 10.7. The summed E-state index contributed by atoms with van der Waals surface area (Å²) in [6.07, 6.45) is 3.35. The van der Waals surface area contributed by atoms with Crippen LogP contribution in [0.3, 0.4) is 0 Å². The Bertz CT molecular complexity index is 581. The molecule has 0 radical (unpaired) electrons. The number of rotatable bonds is 3. The van der Waals surface area contributed by atoms with E-state index in [9.17, 15) is 9.59 Å². The first-order valence-electron chi connectivity index (χ1n) is 4.81. The molecule has 0 spiro atoms. The second-order valence-electron chi connectivity index (χ2n) is 3.34. The second-order valence-corrected chi connectivity index (χ2v) is 3.34. The Morgan fingerprint density at radius 1 is 1.29 bits per heavy atom. The molecule has 0 fully saturated rings. The highest BCUT2D eigenvalue weighted by molar-refractivity contribution is 5.85. The summed E-state index contributed by atoms with van der Waals surface area (Å²) in [6, 6.07) is 6.73. The fourth-order valence-corrected chi connectivity index (χ4v) is 1.38. The molecule has 0 saturated carbocycles. The molecule has 0 amide bonds. The smallest absolute Gasteiger partial charge is 0.356 e. The Kier molecular flexibility index (Phi) is 2.91. The van der Waals surface area contributed by atoms with Gasteiger partial charge in [0.05, 0.1) is 18.1 Å². The number of aromatic nitrogens is 2. The molecule has 0 aliphatic carbocycles. The van der Waals surface area contributed by atoms with Gasteiger partial charge in [-0.05, 0) is 6.07 Å². The highest BCUT2D eigenvalue weighted by atomic mass is 16.4. The number of nitrogens with zero attached hydrogens (tertiary/aromatic N) is 2. The lowest BCUT2D eigenvalue weighted by Crippen LogP contribution is -2.02. The molecule has 17 heavy (non-hydrogen) atoms. The van der Waals surface area contributed by atoms with Crippen molar-refractivity contribution in [2.45, 2.75) is 0 Å². The van der Waals surface area contributed by atoms with Gasteiger partial charge in [-0.3, -0.25) is 9.78 Å². The molecule has 5 heteroatoms. The third-order valence-corrected chi connectivity index (χ3v) is 2.17. The average Bonchev–Trinajstić information content (AvgIpc) is 2.39. The zero-order valence-corrected chi connectivity index (χ0v) is 8.70. The summed E-state index contributed by atoms with van der Waals surface area (Å²) in [7, 11) is 0. The zero-order valence-electron chi connectivity index (χ0n) is 8.70. The van der Waals surface area contributed by atoms with Gasteiger partial charge in [-0.2, -0.15) is 0 Å². The summed E-state index contributed by atoms with van der Waals surface area (Å²) in [5, 5.41) is 8.80. The Labute approximate surface area is 96.8 Å². The van der Waals surface area contributed by atoms with Crippen molar-refractivity contribution in [2.24, 2.45) is 0 Å². The summed E-state index contributed by atoms with van der Waals surface area (Å²) in [6.45, 7) is 0. The fraction of sp³-hybridized carbons (Fsp3) is 0. The van der Waals surface area contributed by atoms with E-state index in [1.54, 1.807) is 24.3 Å². The minimum absolute atomic E-state index is 0.126. The zero-order chi connectivity index (χ0) is 12.3. The maximum Gasteiger partial charge on any atom is 0.356 e. The number of hydrogen-bond donors (Lipinski definition) is 1. The molecular formula is C12H8N2O3. The quantitative estimate of drug-likeness (QED) is 0.808. The lowest BCUT2D eigenvalue weighted by atomic mass is 10.1. The lowest BCUT2D eigenvalue weighted by Gasteiger charge is -2.01. The molecule has 84 valence electrons.